The maximum atomic E-state index is 13.1. The van der Waals surface area contributed by atoms with Gasteiger partial charge in [0.05, 0.1) is 26.8 Å². The van der Waals surface area contributed by atoms with E-state index in [1.807, 2.05) is 0 Å². The van der Waals surface area contributed by atoms with Gasteiger partial charge in [0, 0.05) is 18.5 Å². The predicted octanol–water partition coefficient (Wildman–Crippen LogP) is 1.74. The number of carbonyl (C=O) groups excluding carboxylic acids is 1. The van der Waals surface area contributed by atoms with Gasteiger partial charge in [0.25, 0.3) is 5.92 Å². The smallest absolute Gasteiger partial charge is 0.262 e. The van der Waals surface area contributed by atoms with Gasteiger partial charge in [0.2, 0.25) is 5.91 Å². The number of carbonyl (C=O) groups is 1. The van der Waals surface area contributed by atoms with Gasteiger partial charge in [-0.15, -0.1) is 12.4 Å². The third-order valence-corrected chi connectivity index (χ3v) is 3.37. The number of alkyl halides is 2. The van der Waals surface area contributed by atoms with Crippen LogP contribution in [-0.4, -0.2) is 38.6 Å². The minimum atomic E-state index is -2.82. The first kappa shape index (κ1) is 18.4. The Hall–Kier alpha value is -1.60. The standard InChI is InChI=1S/C14H18F2N2O3.ClH/c1-20-10-3-4-12(21-2)9(5-10)7-17-13(19)11-6-14(15,16)8-18-11;/h3-5,11,18H,6-8H2,1-2H3,(H,17,19);1H. The van der Waals surface area contributed by atoms with E-state index in [9.17, 15) is 13.6 Å². The van der Waals surface area contributed by atoms with Gasteiger partial charge in [-0.2, -0.15) is 0 Å². The molecule has 1 fully saturated rings. The van der Waals surface area contributed by atoms with Gasteiger partial charge in [0.15, 0.2) is 0 Å². The first-order chi connectivity index (χ1) is 9.95. The largest absolute Gasteiger partial charge is 0.497 e. The van der Waals surface area contributed by atoms with Crippen molar-refractivity contribution in [2.45, 2.75) is 24.9 Å². The summed E-state index contributed by atoms with van der Waals surface area (Å²) in [6, 6.07) is 4.33. The van der Waals surface area contributed by atoms with Gasteiger partial charge in [-0.05, 0) is 18.2 Å². The van der Waals surface area contributed by atoms with Gasteiger partial charge in [-0.3, -0.25) is 10.1 Å². The van der Waals surface area contributed by atoms with Gasteiger partial charge >= 0.3 is 0 Å². The number of nitrogens with one attached hydrogen (secondary N) is 2. The minimum absolute atomic E-state index is 0. The lowest BCUT2D eigenvalue weighted by atomic mass is 10.1. The van der Waals surface area contributed by atoms with E-state index in [0.717, 1.165) is 5.56 Å². The van der Waals surface area contributed by atoms with Crippen molar-refractivity contribution in [3.63, 3.8) is 0 Å². The zero-order valence-corrected chi connectivity index (χ0v) is 13.1. The monoisotopic (exact) mass is 336 g/mol. The highest BCUT2D eigenvalue weighted by molar-refractivity contribution is 5.85. The summed E-state index contributed by atoms with van der Waals surface area (Å²) >= 11 is 0. The van der Waals surface area contributed by atoms with E-state index in [2.05, 4.69) is 10.6 Å². The highest BCUT2D eigenvalue weighted by Gasteiger charge is 2.42. The van der Waals surface area contributed by atoms with E-state index >= 15 is 0 Å². The number of hydrogen-bond acceptors (Lipinski definition) is 4. The van der Waals surface area contributed by atoms with Crippen LogP contribution in [0.3, 0.4) is 0 Å². The Labute approximate surface area is 133 Å². The van der Waals surface area contributed by atoms with E-state index in [0.29, 0.717) is 11.5 Å². The fraction of sp³-hybridized carbons (Fsp3) is 0.500. The Bertz CT molecular complexity index is 529. The van der Waals surface area contributed by atoms with Crippen molar-refractivity contribution in [1.82, 2.24) is 10.6 Å². The first-order valence-electron chi connectivity index (χ1n) is 6.55. The van der Waals surface area contributed by atoms with E-state index in [1.165, 1.54) is 14.2 Å². The summed E-state index contributed by atoms with van der Waals surface area (Å²) in [5, 5.41) is 5.15. The topological polar surface area (TPSA) is 59.6 Å². The zero-order chi connectivity index (χ0) is 15.5. The molecule has 1 unspecified atom stereocenters. The molecule has 1 aromatic rings. The Balaban J connectivity index is 0.00000242. The van der Waals surface area contributed by atoms with Crippen LogP contribution >= 0.6 is 12.4 Å². The Morgan fingerprint density at radius 2 is 2.14 bits per heavy atom. The molecular weight excluding hydrogens is 318 g/mol. The van der Waals surface area contributed by atoms with E-state index in [4.69, 9.17) is 9.47 Å². The van der Waals surface area contributed by atoms with Crippen LogP contribution in [0.4, 0.5) is 8.78 Å². The molecule has 1 aliphatic rings. The summed E-state index contributed by atoms with van der Waals surface area (Å²) in [7, 11) is 3.06. The van der Waals surface area contributed by atoms with Crippen molar-refractivity contribution in [2.75, 3.05) is 20.8 Å². The van der Waals surface area contributed by atoms with Crippen molar-refractivity contribution >= 4 is 18.3 Å². The number of rotatable bonds is 5. The predicted molar refractivity (Wildman–Crippen MR) is 80.0 cm³/mol. The first-order valence-corrected chi connectivity index (χ1v) is 6.55. The van der Waals surface area contributed by atoms with Crippen molar-refractivity contribution in [1.29, 1.82) is 0 Å². The molecule has 0 saturated carbocycles. The fourth-order valence-electron chi connectivity index (χ4n) is 2.23. The maximum absolute atomic E-state index is 13.1. The summed E-state index contributed by atoms with van der Waals surface area (Å²) in [6.45, 7) is -0.281. The molecule has 2 rings (SSSR count). The van der Waals surface area contributed by atoms with E-state index < -0.39 is 30.8 Å². The normalized spacial score (nSPS) is 19.2. The summed E-state index contributed by atoms with van der Waals surface area (Å²) in [6.07, 6.45) is -0.478. The number of hydrogen-bond donors (Lipinski definition) is 2. The molecule has 1 heterocycles. The zero-order valence-electron chi connectivity index (χ0n) is 12.3. The molecule has 22 heavy (non-hydrogen) atoms. The fourth-order valence-corrected chi connectivity index (χ4v) is 2.23. The number of methoxy groups -OCH3 is 2. The molecule has 1 aromatic carbocycles. The average molecular weight is 337 g/mol. The third-order valence-electron chi connectivity index (χ3n) is 3.37. The molecule has 1 aliphatic heterocycles. The minimum Gasteiger partial charge on any atom is -0.497 e. The number of halogens is 3. The molecule has 8 heteroatoms. The van der Waals surface area contributed by atoms with Crippen LogP contribution in [0, 0.1) is 0 Å². The lowest BCUT2D eigenvalue weighted by Gasteiger charge is -2.14. The lowest BCUT2D eigenvalue weighted by Crippen LogP contribution is -2.40. The van der Waals surface area contributed by atoms with Crippen molar-refractivity contribution in [2.24, 2.45) is 0 Å². The van der Waals surface area contributed by atoms with Gasteiger partial charge < -0.3 is 14.8 Å². The Morgan fingerprint density at radius 1 is 1.41 bits per heavy atom. The van der Waals surface area contributed by atoms with Gasteiger partial charge in [0.1, 0.15) is 11.5 Å². The molecule has 0 spiro atoms. The molecule has 1 saturated heterocycles. The average Bonchev–Trinajstić information content (AvgIpc) is 2.84. The number of benzene rings is 1. The van der Waals surface area contributed by atoms with Gasteiger partial charge in [-0.1, -0.05) is 0 Å². The lowest BCUT2D eigenvalue weighted by molar-refractivity contribution is -0.123. The van der Waals surface area contributed by atoms with E-state index in [1.54, 1.807) is 18.2 Å². The summed E-state index contributed by atoms with van der Waals surface area (Å²) in [5.74, 6) is -2.04. The summed E-state index contributed by atoms with van der Waals surface area (Å²) in [5.41, 5.74) is 0.718. The third kappa shape index (κ3) is 4.45. The van der Waals surface area contributed by atoms with Crippen molar-refractivity contribution in [3.8, 4) is 11.5 Å². The van der Waals surface area contributed by atoms with Crippen LogP contribution in [0.15, 0.2) is 18.2 Å². The van der Waals surface area contributed by atoms with Crippen molar-refractivity contribution < 1.29 is 23.0 Å². The Kier molecular flexibility index (Phi) is 6.37. The molecule has 2 N–H and O–H groups in total. The quantitative estimate of drug-likeness (QED) is 0.860. The highest BCUT2D eigenvalue weighted by atomic mass is 35.5. The molecule has 0 bridgehead atoms. The van der Waals surface area contributed by atoms with Crippen LogP contribution in [0.1, 0.15) is 12.0 Å². The molecule has 5 nitrogen and oxygen atoms in total. The maximum Gasteiger partial charge on any atom is 0.262 e. The SMILES string of the molecule is COc1ccc(OC)c(CNC(=O)C2CC(F)(F)CN2)c1.Cl. The number of amides is 1. The van der Waals surface area contributed by atoms with Crippen LogP contribution in [-0.2, 0) is 11.3 Å². The van der Waals surface area contributed by atoms with Gasteiger partial charge in [-0.25, -0.2) is 8.78 Å². The second kappa shape index (κ2) is 7.60. The van der Waals surface area contributed by atoms with Crippen LogP contribution < -0.4 is 20.1 Å². The Morgan fingerprint density at radius 3 is 2.68 bits per heavy atom. The van der Waals surface area contributed by atoms with Crippen LogP contribution in [0.5, 0.6) is 11.5 Å². The van der Waals surface area contributed by atoms with Crippen molar-refractivity contribution in [3.05, 3.63) is 23.8 Å². The molecule has 1 amide bonds. The van der Waals surface area contributed by atoms with E-state index in [-0.39, 0.29) is 19.0 Å². The molecule has 0 radical (unpaired) electrons. The molecule has 0 aliphatic carbocycles. The molecule has 1 atom stereocenters. The molecule has 0 aromatic heterocycles. The highest BCUT2D eigenvalue weighted by Crippen LogP contribution is 2.26. The molecular formula is C14H19ClF2N2O3. The second-order valence-electron chi connectivity index (χ2n) is 4.89. The molecule has 124 valence electrons. The number of ether oxygens (including phenoxy) is 2. The van der Waals surface area contributed by atoms with Crippen LogP contribution in [0.2, 0.25) is 0 Å². The summed E-state index contributed by atoms with van der Waals surface area (Å²) in [4.78, 5) is 11.9. The second-order valence-corrected chi connectivity index (χ2v) is 4.89. The summed E-state index contributed by atoms with van der Waals surface area (Å²) < 4.78 is 36.4. The van der Waals surface area contributed by atoms with Crippen LogP contribution in [0.25, 0.3) is 0 Å².